The number of esters is 1. The first-order valence-electron chi connectivity index (χ1n) is 18.2. The Hall–Kier alpha value is -3.75. The molecule has 0 unspecified atom stereocenters. The van der Waals surface area contributed by atoms with Gasteiger partial charge in [-0.25, -0.2) is 0 Å². The molecule has 0 radical (unpaired) electrons. The Balaban J connectivity index is 1.40. The number of aromatic hydroxyl groups is 2. The number of fused-ring (bicyclic) bond motifs is 8. The highest BCUT2D eigenvalue weighted by Gasteiger charge is 2.60. The molecule has 17 nitrogen and oxygen atoms in total. The van der Waals surface area contributed by atoms with Crippen LogP contribution in [0.15, 0.2) is 12.1 Å². The molecular weight excluding hydrogens is 738 g/mol. The molecule has 3 aliphatic heterocycles. The van der Waals surface area contributed by atoms with Crippen LogP contribution in [0.2, 0.25) is 0 Å². The van der Waals surface area contributed by atoms with Crippen LogP contribution in [0.3, 0.4) is 0 Å². The number of benzene rings is 2. The van der Waals surface area contributed by atoms with Crippen molar-refractivity contribution in [3.05, 3.63) is 51.1 Å². The van der Waals surface area contributed by atoms with E-state index in [1.165, 1.54) is 41.2 Å². The van der Waals surface area contributed by atoms with E-state index in [1.54, 1.807) is 32.8 Å². The van der Waals surface area contributed by atoms with Gasteiger partial charge in [-0.1, -0.05) is 0 Å². The Labute approximate surface area is 322 Å². The number of aliphatic hydroxyl groups is 3. The molecule has 5 N–H and O–H groups in total. The molecular formula is C39H49NO16. The van der Waals surface area contributed by atoms with Gasteiger partial charge in [0.1, 0.15) is 58.8 Å². The Morgan fingerprint density at radius 1 is 0.946 bits per heavy atom. The minimum absolute atomic E-state index is 0.0417. The van der Waals surface area contributed by atoms with E-state index in [4.69, 9.17) is 37.9 Å². The number of likely N-dealkylation sites (N-methyl/N-ethyl adjacent to an activating group) is 1. The van der Waals surface area contributed by atoms with Crippen LogP contribution in [0.5, 0.6) is 17.2 Å². The van der Waals surface area contributed by atoms with Gasteiger partial charge in [-0.05, 0) is 59.5 Å². The minimum Gasteiger partial charge on any atom is -0.507 e. The van der Waals surface area contributed by atoms with E-state index in [2.05, 4.69) is 0 Å². The molecule has 2 aromatic carbocycles. The van der Waals surface area contributed by atoms with Crippen molar-refractivity contribution in [2.24, 2.45) is 0 Å². The molecule has 0 amide bonds. The molecule has 2 bridgehead atoms. The van der Waals surface area contributed by atoms with Crippen LogP contribution in [-0.4, -0.2) is 151 Å². The molecule has 5 aliphatic rings. The molecule has 2 fully saturated rings. The summed E-state index contributed by atoms with van der Waals surface area (Å²) in [5.41, 5.74) is -6.55. The number of hydrogen-bond acceptors (Lipinski definition) is 17. The normalized spacial score (nSPS) is 38.6. The number of ketones is 2. The monoisotopic (exact) mass is 787 g/mol. The van der Waals surface area contributed by atoms with E-state index < -0.39 is 124 Å². The molecule has 0 spiro atoms. The fraction of sp³-hybridized carbons (Fsp3) is 0.615. The molecule has 7 rings (SSSR count). The van der Waals surface area contributed by atoms with Gasteiger partial charge in [0.25, 0.3) is 0 Å². The summed E-state index contributed by atoms with van der Waals surface area (Å²) in [6, 6.07) is 1.50. The summed E-state index contributed by atoms with van der Waals surface area (Å²) in [5, 5.41) is 58.3. The van der Waals surface area contributed by atoms with Gasteiger partial charge in [0.15, 0.2) is 12.1 Å². The van der Waals surface area contributed by atoms with Crippen molar-refractivity contribution in [2.45, 2.75) is 112 Å². The van der Waals surface area contributed by atoms with Gasteiger partial charge in [-0.2, -0.15) is 0 Å². The first-order chi connectivity index (χ1) is 26.2. The van der Waals surface area contributed by atoms with Crippen LogP contribution in [-0.2, 0) is 43.6 Å². The summed E-state index contributed by atoms with van der Waals surface area (Å²) < 4.78 is 47.4. The maximum absolute atomic E-state index is 14.8. The van der Waals surface area contributed by atoms with Crippen molar-refractivity contribution in [2.75, 3.05) is 42.5 Å². The maximum atomic E-state index is 14.8. The smallest absolute Gasteiger partial charge is 0.316 e. The van der Waals surface area contributed by atoms with Crippen molar-refractivity contribution >= 4 is 17.5 Å². The van der Waals surface area contributed by atoms with Crippen LogP contribution in [0.25, 0.3) is 0 Å². The standard InChI is InChI=1S/C39H49NO16/c1-14-32(49-7)39(4,52-10)33(50-8)36(53-14)54-19-13-37(2,48)24(34(47)51-9)15-11-16-21(27(43)20(15)19)28(44)22-18(41)12-17-30(23(22)26(16)42)55-35-29(45)25(40(5)6)31(46)38(17,3)56-35/h11-12,14,19,24-25,29,31-33,35-36,41,43,45-46,48H,13H2,1-10H3/t14-,19-,24+,25+,29+,31-,32+,33-,35+,36+,37+,38-,39+/m1/s1. The second-order valence-electron chi connectivity index (χ2n) is 16.0. The topological polar surface area (TPSA) is 229 Å². The van der Waals surface area contributed by atoms with E-state index in [9.17, 15) is 39.9 Å². The molecule has 2 aliphatic carbocycles. The molecule has 56 heavy (non-hydrogen) atoms. The Kier molecular flexibility index (Phi) is 9.88. The summed E-state index contributed by atoms with van der Waals surface area (Å²) >= 11 is 0. The lowest BCUT2D eigenvalue weighted by Crippen LogP contribution is -2.68. The Bertz CT molecular complexity index is 1980. The number of rotatable bonds is 7. The number of hydrogen-bond donors (Lipinski definition) is 5. The van der Waals surface area contributed by atoms with E-state index in [0.717, 1.165) is 13.2 Å². The summed E-state index contributed by atoms with van der Waals surface area (Å²) in [4.78, 5) is 44.4. The highest BCUT2D eigenvalue weighted by atomic mass is 16.7. The van der Waals surface area contributed by atoms with Gasteiger partial charge < -0.3 is 68.3 Å². The van der Waals surface area contributed by atoms with E-state index in [0.29, 0.717) is 0 Å². The first kappa shape index (κ1) is 40.4. The van der Waals surface area contributed by atoms with Crippen LogP contribution in [0.1, 0.15) is 94.7 Å². The predicted molar refractivity (Wildman–Crippen MR) is 191 cm³/mol. The highest BCUT2D eigenvalue weighted by molar-refractivity contribution is 6.31. The fourth-order valence-electron chi connectivity index (χ4n) is 9.68. The SMILES string of the molecule is COC(=O)[C@@H]1c2cc3c(c(O)c2[C@H](O[C@@H]2O[C@H](C)[C@H](OC)[C@](C)(OC)[C@@H]2OC)C[C@]1(C)O)C(=O)c1c(O)cc2c(c1C3=O)O[C@H]1O[C@@]2(C)[C@H](O)[C@@H](N(C)C)[C@@H]1O. The summed E-state index contributed by atoms with van der Waals surface area (Å²) in [7, 11) is 8.84. The molecule has 0 aromatic heterocycles. The summed E-state index contributed by atoms with van der Waals surface area (Å²) in [6.45, 7) is 6.40. The van der Waals surface area contributed by atoms with Crippen molar-refractivity contribution in [1.82, 2.24) is 4.90 Å². The van der Waals surface area contributed by atoms with Crippen molar-refractivity contribution in [3.63, 3.8) is 0 Å². The molecule has 2 aromatic rings. The van der Waals surface area contributed by atoms with E-state index >= 15 is 0 Å². The fourth-order valence-corrected chi connectivity index (χ4v) is 9.68. The number of aliphatic hydroxyl groups excluding tert-OH is 2. The molecule has 2 saturated heterocycles. The zero-order valence-corrected chi connectivity index (χ0v) is 32.8. The number of phenolic OH excluding ortho intramolecular Hbond substituents is 2. The van der Waals surface area contributed by atoms with E-state index in [1.807, 2.05) is 0 Å². The van der Waals surface area contributed by atoms with Gasteiger partial charge in [0.05, 0.1) is 47.7 Å². The number of ether oxygens (including phenoxy) is 8. The lowest BCUT2D eigenvalue weighted by atomic mass is 9.68. The Morgan fingerprint density at radius 3 is 2.20 bits per heavy atom. The van der Waals surface area contributed by atoms with Crippen LogP contribution >= 0.6 is 0 Å². The van der Waals surface area contributed by atoms with Gasteiger partial charge in [-0.15, -0.1) is 0 Å². The third-order valence-corrected chi connectivity index (χ3v) is 12.5. The lowest BCUT2D eigenvalue weighted by Gasteiger charge is -2.53. The van der Waals surface area contributed by atoms with Gasteiger partial charge in [-0.3, -0.25) is 14.4 Å². The van der Waals surface area contributed by atoms with E-state index in [-0.39, 0.29) is 34.4 Å². The number of carbonyl (C=O) groups excluding carboxylic acids is 3. The quantitative estimate of drug-likeness (QED) is 0.212. The first-order valence-corrected chi connectivity index (χ1v) is 18.2. The average Bonchev–Trinajstić information content (AvgIpc) is 3.12. The minimum atomic E-state index is -1.91. The van der Waals surface area contributed by atoms with Crippen molar-refractivity contribution < 1.29 is 77.8 Å². The van der Waals surface area contributed by atoms with Crippen LogP contribution in [0.4, 0.5) is 0 Å². The molecule has 3 heterocycles. The van der Waals surface area contributed by atoms with Crippen LogP contribution < -0.4 is 4.74 Å². The second kappa shape index (κ2) is 13.7. The zero-order chi connectivity index (χ0) is 41.1. The molecule has 306 valence electrons. The third kappa shape index (κ3) is 5.47. The third-order valence-electron chi connectivity index (χ3n) is 12.5. The Morgan fingerprint density at radius 2 is 1.61 bits per heavy atom. The van der Waals surface area contributed by atoms with Gasteiger partial charge >= 0.3 is 5.97 Å². The lowest BCUT2D eigenvalue weighted by molar-refractivity contribution is -0.345. The van der Waals surface area contributed by atoms with Crippen molar-refractivity contribution in [1.29, 1.82) is 0 Å². The number of methoxy groups -OCH3 is 4. The maximum Gasteiger partial charge on any atom is 0.316 e. The number of carbonyl (C=O) groups is 3. The largest absolute Gasteiger partial charge is 0.507 e. The summed E-state index contributed by atoms with van der Waals surface area (Å²) in [6.07, 6.45) is -9.16. The van der Waals surface area contributed by atoms with Gasteiger partial charge in [0.2, 0.25) is 12.1 Å². The predicted octanol–water partition coefficient (Wildman–Crippen LogP) is 1.14. The van der Waals surface area contributed by atoms with Crippen molar-refractivity contribution in [3.8, 4) is 17.2 Å². The highest BCUT2D eigenvalue weighted by Crippen LogP contribution is 2.56. The van der Waals surface area contributed by atoms with Crippen LogP contribution in [0, 0.1) is 0 Å². The number of phenols is 2. The second-order valence-corrected chi connectivity index (χ2v) is 16.0. The van der Waals surface area contributed by atoms with Gasteiger partial charge in [0, 0.05) is 44.4 Å². The molecule has 0 saturated carbocycles. The average molecular weight is 788 g/mol. The zero-order valence-electron chi connectivity index (χ0n) is 32.8. The molecule has 17 heteroatoms. The molecule has 13 atom stereocenters. The number of nitrogens with zero attached hydrogens (tertiary/aromatic N) is 1. The summed E-state index contributed by atoms with van der Waals surface area (Å²) in [5.74, 6) is -5.85.